The van der Waals surface area contributed by atoms with E-state index in [1.165, 1.54) is 57.8 Å². The Hall–Kier alpha value is -0.520. The highest BCUT2D eigenvalue weighted by Crippen LogP contribution is 2.10. The van der Waals surface area contributed by atoms with Gasteiger partial charge in [0.1, 0.15) is 0 Å². The molecule has 2 heteroatoms. The lowest BCUT2D eigenvalue weighted by Gasteiger charge is -2.06. The van der Waals surface area contributed by atoms with E-state index in [1.54, 1.807) is 0 Å². The summed E-state index contributed by atoms with van der Waals surface area (Å²) in [5.41, 5.74) is 6.56. The summed E-state index contributed by atoms with van der Waals surface area (Å²) in [4.78, 5) is 0. The third-order valence-electron chi connectivity index (χ3n) is 3.46. The summed E-state index contributed by atoms with van der Waals surface area (Å²) in [6, 6.07) is 0. The summed E-state index contributed by atoms with van der Waals surface area (Å²) in [6.45, 7) is 2.14. The lowest BCUT2D eigenvalue weighted by molar-refractivity contribution is 0.491. The van der Waals surface area contributed by atoms with Crippen LogP contribution in [0.5, 0.6) is 0 Å². The fourth-order valence-corrected chi connectivity index (χ4v) is 2.28. The Morgan fingerprint density at radius 3 is 1.56 bits per heavy atom. The first-order valence-electron chi connectivity index (χ1n) is 7.91. The minimum Gasteiger partial charge on any atom is -0.258 e. The van der Waals surface area contributed by atoms with Crippen molar-refractivity contribution in [3.63, 3.8) is 0 Å². The highest BCUT2D eigenvalue weighted by Gasteiger charge is 1.93. The maximum absolute atomic E-state index is 3.29. The maximum Gasteiger partial charge on any atom is 0.0109 e. The van der Waals surface area contributed by atoms with Gasteiger partial charge in [-0.15, -0.1) is 11.8 Å². The molecule has 0 atom stereocenters. The predicted molar refractivity (Wildman–Crippen MR) is 79.2 cm³/mol. The third-order valence-corrected chi connectivity index (χ3v) is 3.46. The Morgan fingerprint density at radius 2 is 0.889 bits per heavy atom. The van der Waals surface area contributed by atoms with Crippen molar-refractivity contribution in [3.05, 3.63) is 0 Å². The summed E-state index contributed by atoms with van der Waals surface area (Å²) in [6.07, 6.45) is 15.7. The molecule has 0 aromatic heterocycles. The summed E-state index contributed by atoms with van der Waals surface area (Å²) in [7, 11) is 0. The van der Waals surface area contributed by atoms with Gasteiger partial charge < -0.3 is 0 Å². The van der Waals surface area contributed by atoms with Crippen LogP contribution in [0, 0.1) is 11.8 Å². The molecule has 1 aliphatic heterocycles. The van der Waals surface area contributed by atoms with Gasteiger partial charge >= 0.3 is 0 Å². The Kier molecular flexibility index (Phi) is 11.2. The molecule has 1 heterocycles. The van der Waals surface area contributed by atoms with Gasteiger partial charge in [0, 0.05) is 25.9 Å². The van der Waals surface area contributed by atoms with Crippen LogP contribution in [0.25, 0.3) is 0 Å². The van der Waals surface area contributed by atoms with Gasteiger partial charge in [-0.05, 0) is 19.3 Å². The van der Waals surface area contributed by atoms with Crippen LogP contribution in [-0.2, 0) is 0 Å². The van der Waals surface area contributed by atoms with Crippen molar-refractivity contribution in [1.29, 1.82) is 0 Å². The lowest BCUT2D eigenvalue weighted by Crippen LogP contribution is -2.33. The maximum atomic E-state index is 3.29. The molecule has 0 aliphatic carbocycles. The van der Waals surface area contributed by atoms with E-state index in [9.17, 15) is 0 Å². The van der Waals surface area contributed by atoms with E-state index in [1.807, 2.05) is 0 Å². The predicted octanol–water partition coefficient (Wildman–Crippen LogP) is 3.78. The largest absolute Gasteiger partial charge is 0.258 e. The molecule has 1 aliphatic rings. The topological polar surface area (TPSA) is 24.1 Å². The Bertz CT molecular complexity index is 205. The molecule has 0 spiro atoms. The molecule has 0 unspecified atom stereocenters. The summed E-state index contributed by atoms with van der Waals surface area (Å²) < 4.78 is 0. The van der Waals surface area contributed by atoms with E-state index in [2.05, 4.69) is 22.7 Å². The number of nitrogens with one attached hydrogen (secondary N) is 2. The second-order valence-electron chi connectivity index (χ2n) is 5.24. The van der Waals surface area contributed by atoms with Crippen LogP contribution in [0.15, 0.2) is 0 Å². The van der Waals surface area contributed by atoms with Crippen LogP contribution in [0.4, 0.5) is 0 Å². The van der Waals surface area contributed by atoms with Crippen LogP contribution in [0.1, 0.15) is 77.0 Å². The zero-order chi connectivity index (χ0) is 12.7. The number of hydrogen-bond acceptors (Lipinski definition) is 2. The third kappa shape index (κ3) is 10.6. The van der Waals surface area contributed by atoms with Crippen molar-refractivity contribution in [2.45, 2.75) is 77.0 Å². The van der Waals surface area contributed by atoms with Crippen molar-refractivity contribution in [2.24, 2.45) is 0 Å². The molecule has 0 saturated carbocycles. The quantitative estimate of drug-likeness (QED) is 0.639. The smallest absolute Gasteiger partial charge is 0.0109 e. The molecule has 0 aromatic carbocycles. The van der Waals surface area contributed by atoms with E-state index in [0.29, 0.717) is 0 Å². The van der Waals surface area contributed by atoms with Crippen molar-refractivity contribution >= 4 is 0 Å². The molecule has 0 bridgehead atoms. The van der Waals surface area contributed by atoms with Gasteiger partial charge in [0.15, 0.2) is 0 Å². The second kappa shape index (κ2) is 12.9. The average molecular weight is 250 g/mol. The van der Waals surface area contributed by atoms with Crippen LogP contribution in [-0.4, -0.2) is 13.1 Å². The van der Waals surface area contributed by atoms with Gasteiger partial charge in [0.05, 0.1) is 0 Å². The number of hydrogen-bond donors (Lipinski definition) is 2. The van der Waals surface area contributed by atoms with Crippen molar-refractivity contribution in [3.8, 4) is 11.8 Å². The van der Waals surface area contributed by atoms with Crippen molar-refractivity contribution in [2.75, 3.05) is 13.1 Å². The zero-order valence-corrected chi connectivity index (χ0v) is 11.9. The molecule has 1 rings (SSSR count). The molecule has 104 valence electrons. The Labute approximate surface area is 113 Å². The second-order valence-corrected chi connectivity index (χ2v) is 5.24. The highest BCUT2D eigenvalue weighted by molar-refractivity contribution is 4.98. The fourth-order valence-electron chi connectivity index (χ4n) is 2.28. The lowest BCUT2D eigenvalue weighted by atomic mass is 10.1. The molecule has 18 heavy (non-hydrogen) atoms. The molecular formula is C16H30N2. The van der Waals surface area contributed by atoms with Gasteiger partial charge in [0.25, 0.3) is 0 Å². The molecule has 2 nitrogen and oxygen atoms in total. The normalized spacial score (nSPS) is 22.2. The molecule has 2 N–H and O–H groups in total. The molecule has 0 aromatic rings. The average Bonchev–Trinajstić information content (AvgIpc) is 2.39. The van der Waals surface area contributed by atoms with Gasteiger partial charge in [-0.1, -0.05) is 44.9 Å². The van der Waals surface area contributed by atoms with Crippen LogP contribution in [0.2, 0.25) is 0 Å². The van der Waals surface area contributed by atoms with Gasteiger partial charge in [-0.2, -0.15) is 0 Å². The fraction of sp³-hybridized carbons (Fsp3) is 0.875. The van der Waals surface area contributed by atoms with E-state index >= 15 is 0 Å². The summed E-state index contributed by atoms with van der Waals surface area (Å²) in [5.74, 6) is 6.56. The SMILES string of the molecule is C1#CCCCNNCCCCCCCCCCC1. The molecule has 0 radical (unpaired) electrons. The number of rotatable bonds is 0. The highest BCUT2D eigenvalue weighted by atomic mass is 15.3. The minimum atomic E-state index is 1.04. The van der Waals surface area contributed by atoms with E-state index in [0.717, 1.165) is 32.4 Å². The molecular weight excluding hydrogens is 220 g/mol. The van der Waals surface area contributed by atoms with Gasteiger partial charge in [-0.25, -0.2) is 0 Å². The van der Waals surface area contributed by atoms with E-state index in [4.69, 9.17) is 0 Å². The summed E-state index contributed by atoms with van der Waals surface area (Å²) >= 11 is 0. The molecule has 0 amide bonds. The first-order valence-corrected chi connectivity index (χ1v) is 7.91. The van der Waals surface area contributed by atoms with Crippen LogP contribution < -0.4 is 10.9 Å². The Morgan fingerprint density at radius 1 is 0.444 bits per heavy atom. The van der Waals surface area contributed by atoms with Crippen molar-refractivity contribution in [1.82, 2.24) is 10.9 Å². The monoisotopic (exact) mass is 250 g/mol. The van der Waals surface area contributed by atoms with Crippen LogP contribution in [0.3, 0.4) is 0 Å². The van der Waals surface area contributed by atoms with Crippen LogP contribution >= 0.6 is 0 Å². The standard InChI is InChI=1S/C16H30N2/c1-2-4-6-8-10-12-14-16-18-17-15-13-11-9-7-5-3-1/h17-18H,1-7,9,11-16H2. The first-order chi connectivity index (χ1) is 9.00. The van der Waals surface area contributed by atoms with Gasteiger partial charge in [0.2, 0.25) is 0 Å². The number of hydrazine groups is 1. The Balaban J connectivity index is 2.09. The molecule has 0 saturated heterocycles. The van der Waals surface area contributed by atoms with Crippen molar-refractivity contribution < 1.29 is 0 Å². The molecule has 0 fully saturated rings. The van der Waals surface area contributed by atoms with E-state index < -0.39 is 0 Å². The zero-order valence-electron chi connectivity index (χ0n) is 11.9. The van der Waals surface area contributed by atoms with E-state index in [-0.39, 0.29) is 0 Å². The summed E-state index contributed by atoms with van der Waals surface area (Å²) in [5, 5.41) is 0. The minimum absolute atomic E-state index is 1.04. The first kappa shape index (κ1) is 15.5. The van der Waals surface area contributed by atoms with Gasteiger partial charge in [-0.3, -0.25) is 10.9 Å².